The van der Waals surface area contributed by atoms with Crippen molar-refractivity contribution in [3.63, 3.8) is 0 Å². The van der Waals surface area contributed by atoms with Crippen molar-refractivity contribution in [1.29, 1.82) is 0 Å². The normalized spacial score (nSPS) is 10.6. The van der Waals surface area contributed by atoms with Crippen LogP contribution in [-0.2, 0) is 17.9 Å². The zero-order chi connectivity index (χ0) is 19.9. The van der Waals surface area contributed by atoms with E-state index in [-0.39, 0.29) is 18.2 Å². The van der Waals surface area contributed by atoms with Crippen molar-refractivity contribution in [2.24, 2.45) is 0 Å². The Morgan fingerprint density at radius 1 is 1.11 bits per heavy atom. The molecular weight excluding hydrogens is 372 g/mol. The first kappa shape index (κ1) is 19.8. The van der Waals surface area contributed by atoms with Crippen LogP contribution in [0.25, 0.3) is 0 Å². The summed E-state index contributed by atoms with van der Waals surface area (Å²) in [4.78, 5) is 24.0. The van der Waals surface area contributed by atoms with Gasteiger partial charge in [-0.3, -0.25) is 14.3 Å². The van der Waals surface area contributed by atoms with E-state index in [2.05, 4.69) is 27.9 Å². The number of aryl methyl sites for hydroxylation is 1. The Morgan fingerprint density at radius 2 is 1.89 bits per heavy atom. The predicted octanol–water partition coefficient (Wildman–Crippen LogP) is 3.05. The fourth-order valence-corrected chi connectivity index (χ4v) is 3.60. The summed E-state index contributed by atoms with van der Waals surface area (Å²) >= 11 is 1.47. The van der Waals surface area contributed by atoms with Gasteiger partial charge in [0.25, 0.3) is 5.91 Å². The van der Waals surface area contributed by atoms with Crippen molar-refractivity contribution in [2.75, 3.05) is 6.54 Å². The van der Waals surface area contributed by atoms with Crippen molar-refractivity contribution in [1.82, 2.24) is 20.4 Å². The molecule has 2 heterocycles. The molecule has 146 valence electrons. The zero-order valence-electron chi connectivity index (χ0n) is 16.1. The molecule has 0 saturated heterocycles. The topological polar surface area (TPSA) is 76.0 Å². The molecule has 3 aromatic rings. The maximum atomic E-state index is 12.1. The maximum absolute atomic E-state index is 12.1. The van der Waals surface area contributed by atoms with Crippen molar-refractivity contribution in [3.8, 4) is 0 Å². The molecule has 0 aliphatic carbocycles. The molecule has 0 bridgehead atoms. The van der Waals surface area contributed by atoms with E-state index < -0.39 is 0 Å². The standard InChI is InChI=1S/C21H24N4O2S/c1-15-19(16(2)25(24-15)13-17-6-4-3-5-7-17)12-23-20(26)8-10-22-21(27)18-9-11-28-14-18/h3-7,9,11,14H,8,10,12-13H2,1-2H3,(H,22,27)(H,23,26). The minimum absolute atomic E-state index is 0.0970. The number of benzene rings is 1. The molecule has 2 N–H and O–H groups in total. The van der Waals surface area contributed by atoms with E-state index in [1.54, 1.807) is 11.4 Å². The van der Waals surface area contributed by atoms with Gasteiger partial charge in [0.1, 0.15) is 0 Å². The second-order valence-electron chi connectivity index (χ2n) is 6.59. The smallest absolute Gasteiger partial charge is 0.252 e. The molecule has 7 heteroatoms. The average molecular weight is 397 g/mol. The monoisotopic (exact) mass is 396 g/mol. The molecule has 0 aliphatic rings. The lowest BCUT2D eigenvalue weighted by Gasteiger charge is -2.08. The van der Waals surface area contributed by atoms with E-state index >= 15 is 0 Å². The second kappa shape index (κ2) is 9.32. The van der Waals surface area contributed by atoms with Crippen LogP contribution < -0.4 is 10.6 Å². The lowest BCUT2D eigenvalue weighted by atomic mass is 10.2. The Hall–Kier alpha value is -2.93. The second-order valence-corrected chi connectivity index (χ2v) is 7.37. The third kappa shape index (κ3) is 5.07. The first-order chi connectivity index (χ1) is 13.5. The van der Waals surface area contributed by atoms with Crippen LogP contribution in [-0.4, -0.2) is 28.1 Å². The number of nitrogens with zero attached hydrogens (tertiary/aromatic N) is 2. The van der Waals surface area contributed by atoms with E-state index in [1.165, 1.54) is 16.9 Å². The Labute approximate surface area is 168 Å². The quantitative estimate of drug-likeness (QED) is 0.614. The van der Waals surface area contributed by atoms with Crippen molar-refractivity contribution >= 4 is 23.2 Å². The molecule has 2 aromatic heterocycles. The molecule has 0 unspecified atom stereocenters. The van der Waals surface area contributed by atoms with Gasteiger partial charge in [-0.05, 0) is 30.9 Å². The summed E-state index contributed by atoms with van der Waals surface area (Å²) in [5, 5.41) is 13.9. The van der Waals surface area contributed by atoms with Gasteiger partial charge in [-0.2, -0.15) is 16.4 Å². The molecule has 0 radical (unpaired) electrons. The van der Waals surface area contributed by atoms with Crippen molar-refractivity contribution in [2.45, 2.75) is 33.4 Å². The van der Waals surface area contributed by atoms with Gasteiger partial charge in [0, 0.05) is 41.7 Å². The number of hydrogen-bond acceptors (Lipinski definition) is 4. The average Bonchev–Trinajstić information content (AvgIpc) is 3.31. The molecule has 0 spiro atoms. The zero-order valence-corrected chi connectivity index (χ0v) is 16.9. The number of amides is 2. The minimum atomic E-state index is -0.150. The van der Waals surface area contributed by atoms with Crippen LogP contribution in [0.15, 0.2) is 47.2 Å². The van der Waals surface area contributed by atoms with Gasteiger partial charge in [0.2, 0.25) is 5.91 Å². The Morgan fingerprint density at radius 3 is 2.61 bits per heavy atom. The highest BCUT2D eigenvalue weighted by Crippen LogP contribution is 2.14. The van der Waals surface area contributed by atoms with Crippen molar-refractivity contribution < 1.29 is 9.59 Å². The van der Waals surface area contributed by atoms with Gasteiger partial charge < -0.3 is 10.6 Å². The fraction of sp³-hybridized carbons (Fsp3) is 0.286. The third-order valence-electron chi connectivity index (χ3n) is 4.59. The molecule has 3 rings (SSSR count). The largest absolute Gasteiger partial charge is 0.352 e. The molecule has 0 atom stereocenters. The van der Waals surface area contributed by atoms with Crippen LogP contribution in [0.4, 0.5) is 0 Å². The number of nitrogens with one attached hydrogen (secondary N) is 2. The summed E-state index contributed by atoms with van der Waals surface area (Å²) in [5.41, 5.74) is 4.81. The lowest BCUT2D eigenvalue weighted by Crippen LogP contribution is -2.30. The van der Waals surface area contributed by atoms with Crippen LogP contribution in [0.2, 0.25) is 0 Å². The highest BCUT2D eigenvalue weighted by atomic mass is 32.1. The Kier molecular flexibility index (Phi) is 6.60. The molecule has 0 saturated carbocycles. The summed E-state index contributed by atoms with van der Waals surface area (Å²) in [7, 11) is 0. The molecule has 1 aromatic carbocycles. The molecule has 6 nitrogen and oxygen atoms in total. The van der Waals surface area contributed by atoms with E-state index in [0.717, 1.165) is 17.0 Å². The van der Waals surface area contributed by atoms with Crippen LogP contribution >= 0.6 is 11.3 Å². The van der Waals surface area contributed by atoms with E-state index in [1.807, 2.05) is 42.1 Å². The van der Waals surface area contributed by atoms with E-state index in [4.69, 9.17) is 0 Å². The number of carbonyl (C=O) groups is 2. The van der Waals surface area contributed by atoms with Crippen LogP contribution in [0.5, 0.6) is 0 Å². The number of aromatic nitrogens is 2. The van der Waals surface area contributed by atoms with Gasteiger partial charge in [-0.25, -0.2) is 0 Å². The predicted molar refractivity (Wildman–Crippen MR) is 110 cm³/mol. The van der Waals surface area contributed by atoms with Crippen LogP contribution in [0.1, 0.15) is 39.3 Å². The molecule has 0 aliphatic heterocycles. The summed E-state index contributed by atoms with van der Waals surface area (Å²) in [5.74, 6) is -0.247. The third-order valence-corrected chi connectivity index (χ3v) is 5.27. The number of thiophene rings is 1. The van der Waals surface area contributed by atoms with Gasteiger partial charge in [-0.1, -0.05) is 30.3 Å². The maximum Gasteiger partial charge on any atom is 0.252 e. The van der Waals surface area contributed by atoms with E-state index in [9.17, 15) is 9.59 Å². The van der Waals surface area contributed by atoms with Gasteiger partial charge in [-0.15, -0.1) is 0 Å². The number of rotatable bonds is 8. The van der Waals surface area contributed by atoms with Gasteiger partial charge in [0.05, 0.1) is 12.2 Å². The first-order valence-corrected chi connectivity index (χ1v) is 10.1. The SMILES string of the molecule is Cc1nn(Cc2ccccc2)c(C)c1CNC(=O)CCNC(=O)c1ccsc1. The van der Waals surface area contributed by atoms with Crippen LogP contribution in [0, 0.1) is 13.8 Å². The number of hydrogen-bond donors (Lipinski definition) is 2. The molecular formula is C21H24N4O2S. The number of carbonyl (C=O) groups excluding carboxylic acids is 2. The highest BCUT2D eigenvalue weighted by Gasteiger charge is 2.13. The van der Waals surface area contributed by atoms with Crippen LogP contribution in [0.3, 0.4) is 0 Å². The Balaban J connectivity index is 1.48. The summed E-state index contributed by atoms with van der Waals surface area (Å²) in [6.07, 6.45) is 0.242. The molecule has 28 heavy (non-hydrogen) atoms. The fourth-order valence-electron chi connectivity index (χ4n) is 2.96. The van der Waals surface area contributed by atoms with E-state index in [0.29, 0.717) is 25.2 Å². The first-order valence-electron chi connectivity index (χ1n) is 9.18. The summed E-state index contributed by atoms with van der Waals surface area (Å²) in [6.45, 7) is 5.42. The molecule has 0 fully saturated rings. The molecule has 2 amide bonds. The lowest BCUT2D eigenvalue weighted by molar-refractivity contribution is -0.121. The van der Waals surface area contributed by atoms with Gasteiger partial charge >= 0.3 is 0 Å². The highest BCUT2D eigenvalue weighted by molar-refractivity contribution is 7.08. The minimum Gasteiger partial charge on any atom is -0.352 e. The Bertz CT molecular complexity index is 933. The summed E-state index contributed by atoms with van der Waals surface area (Å²) < 4.78 is 1.97. The van der Waals surface area contributed by atoms with Gasteiger partial charge in [0.15, 0.2) is 0 Å². The summed E-state index contributed by atoms with van der Waals surface area (Å²) in [6, 6.07) is 11.9. The van der Waals surface area contributed by atoms with Crippen molar-refractivity contribution in [3.05, 3.63) is 75.2 Å².